The third-order valence-electron chi connectivity index (χ3n) is 4.36. The molecule has 0 radical (unpaired) electrons. The number of methoxy groups -OCH3 is 1. The Morgan fingerprint density at radius 3 is 2.56 bits per heavy atom. The van der Waals surface area contributed by atoms with Gasteiger partial charge in [0.2, 0.25) is 5.91 Å². The Bertz CT molecular complexity index is 1190. The highest BCUT2D eigenvalue weighted by molar-refractivity contribution is 7.99. The van der Waals surface area contributed by atoms with Crippen molar-refractivity contribution >= 4 is 51.9 Å². The van der Waals surface area contributed by atoms with Crippen LogP contribution in [0.3, 0.4) is 0 Å². The number of rotatable bonds is 7. The fourth-order valence-corrected chi connectivity index (χ4v) is 3.92. The van der Waals surface area contributed by atoms with E-state index in [2.05, 4.69) is 15.6 Å². The molecule has 0 atom stereocenters. The molecule has 10 heteroatoms. The second-order valence-electron chi connectivity index (χ2n) is 7.38. The lowest BCUT2D eigenvalue weighted by molar-refractivity contribution is -0.117. The highest BCUT2D eigenvalue weighted by Gasteiger charge is 2.16. The minimum atomic E-state index is -0.651. The molecular weight excluding hydrogens is 452 g/mol. The topological polar surface area (TPSA) is 102 Å². The van der Waals surface area contributed by atoms with E-state index in [0.29, 0.717) is 39.1 Å². The highest BCUT2D eigenvalue weighted by Crippen LogP contribution is 2.21. The Labute approximate surface area is 194 Å². The van der Waals surface area contributed by atoms with Crippen LogP contribution in [0.4, 0.5) is 10.5 Å². The maximum atomic E-state index is 13.0. The zero-order chi connectivity index (χ0) is 23.3. The first-order valence-electron chi connectivity index (χ1n) is 9.84. The molecule has 0 aliphatic rings. The van der Waals surface area contributed by atoms with Gasteiger partial charge >= 0.3 is 6.03 Å². The molecule has 0 spiro atoms. The number of hydrogen-bond acceptors (Lipinski definition) is 6. The summed E-state index contributed by atoms with van der Waals surface area (Å²) >= 11 is 7.13. The van der Waals surface area contributed by atoms with Crippen molar-refractivity contribution in [3.05, 3.63) is 57.8 Å². The van der Waals surface area contributed by atoms with Crippen LogP contribution in [0.1, 0.15) is 13.8 Å². The molecule has 0 aliphatic carbocycles. The SMILES string of the molecule is COc1ccc(NC(=O)NC(=O)CSc2nc3ccc(Cl)cc3c(=O)n2CC(C)C)cc1. The van der Waals surface area contributed by atoms with Gasteiger partial charge < -0.3 is 10.1 Å². The third kappa shape index (κ3) is 6.02. The number of carbonyl (C=O) groups excluding carboxylic acids is 2. The Balaban J connectivity index is 1.70. The van der Waals surface area contributed by atoms with Gasteiger partial charge in [0.25, 0.3) is 5.56 Å². The summed E-state index contributed by atoms with van der Waals surface area (Å²) in [5.74, 6) is 0.248. The normalized spacial score (nSPS) is 10.9. The number of thioether (sulfide) groups is 1. The lowest BCUT2D eigenvalue weighted by Crippen LogP contribution is -2.35. The van der Waals surface area contributed by atoms with Crippen LogP contribution in [0.2, 0.25) is 5.02 Å². The lowest BCUT2D eigenvalue weighted by Gasteiger charge is -2.15. The van der Waals surface area contributed by atoms with E-state index >= 15 is 0 Å². The highest BCUT2D eigenvalue weighted by atomic mass is 35.5. The first kappa shape index (κ1) is 23.6. The smallest absolute Gasteiger partial charge is 0.325 e. The first-order valence-corrected chi connectivity index (χ1v) is 11.2. The van der Waals surface area contributed by atoms with E-state index in [1.807, 2.05) is 13.8 Å². The van der Waals surface area contributed by atoms with E-state index in [0.717, 1.165) is 11.8 Å². The number of fused-ring (bicyclic) bond motifs is 1. The van der Waals surface area contributed by atoms with E-state index in [1.54, 1.807) is 54.1 Å². The molecule has 2 aromatic carbocycles. The number of anilines is 1. The van der Waals surface area contributed by atoms with Gasteiger partial charge in [0.15, 0.2) is 5.16 Å². The molecule has 3 amide bonds. The number of aromatic nitrogens is 2. The van der Waals surface area contributed by atoms with Crippen molar-refractivity contribution in [1.82, 2.24) is 14.9 Å². The minimum Gasteiger partial charge on any atom is -0.497 e. The van der Waals surface area contributed by atoms with Crippen LogP contribution in [0.25, 0.3) is 10.9 Å². The quantitative estimate of drug-likeness (QED) is 0.394. The summed E-state index contributed by atoms with van der Waals surface area (Å²) in [6, 6.07) is 11.0. The Hall–Kier alpha value is -3.04. The number of nitrogens with zero attached hydrogens (tertiary/aromatic N) is 2. The Morgan fingerprint density at radius 2 is 1.91 bits per heavy atom. The second-order valence-corrected chi connectivity index (χ2v) is 8.76. The fourth-order valence-electron chi connectivity index (χ4n) is 2.94. The summed E-state index contributed by atoms with van der Waals surface area (Å²) in [5, 5.41) is 6.14. The summed E-state index contributed by atoms with van der Waals surface area (Å²) in [6.45, 7) is 4.41. The molecule has 0 bridgehead atoms. The van der Waals surface area contributed by atoms with Crippen LogP contribution in [0.15, 0.2) is 52.4 Å². The van der Waals surface area contributed by atoms with Crippen LogP contribution in [-0.2, 0) is 11.3 Å². The minimum absolute atomic E-state index is 0.0837. The number of hydrogen-bond donors (Lipinski definition) is 2. The van der Waals surface area contributed by atoms with Crippen molar-refractivity contribution in [3.63, 3.8) is 0 Å². The van der Waals surface area contributed by atoms with Crippen molar-refractivity contribution in [2.45, 2.75) is 25.5 Å². The molecule has 1 aromatic heterocycles. The summed E-state index contributed by atoms with van der Waals surface area (Å²) < 4.78 is 6.61. The van der Waals surface area contributed by atoms with Crippen molar-refractivity contribution in [3.8, 4) is 5.75 Å². The lowest BCUT2D eigenvalue weighted by atomic mass is 10.2. The molecule has 2 N–H and O–H groups in total. The van der Waals surface area contributed by atoms with Crippen LogP contribution >= 0.6 is 23.4 Å². The van der Waals surface area contributed by atoms with E-state index < -0.39 is 11.9 Å². The molecule has 8 nitrogen and oxygen atoms in total. The number of ether oxygens (including phenoxy) is 1. The number of halogens is 1. The van der Waals surface area contributed by atoms with E-state index in [1.165, 1.54) is 0 Å². The average Bonchev–Trinajstić information content (AvgIpc) is 2.75. The van der Waals surface area contributed by atoms with Gasteiger partial charge in [0.1, 0.15) is 5.75 Å². The predicted molar refractivity (Wildman–Crippen MR) is 127 cm³/mol. The van der Waals surface area contributed by atoms with E-state index in [4.69, 9.17) is 16.3 Å². The number of imide groups is 1. The molecule has 168 valence electrons. The van der Waals surface area contributed by atoms with Crippen LogP contribution in [-0.4, -0.2) is 34.4 Å². The third-order valence-corrected chi connectivity index (χ3v) is 5.57. The molecule has 0 saturated carbocycles. The molecule has 32 heavy (non-hydrogen) atoms. The molecule has 3 aromatic rings. The second kappa shape index (κ2) is 10.5. The Kier molecular flexibility index (Phi) is 7.76. The standard InChI is InChI=1S/C22H23ClN4O4S/c1-13(2)11-27-20(29)17-10-14(23)4-9-18(17)25-22(27)32-12-19(28)26-21(30)24-15-5-7-16(31-3)8-6-15/h4-10,13H,11-12H2,1-3H3,(H2,24,26,28,30). The van der Waals surface area contributed by atoms with Gasteiger partial charge in [0, 0.05) is 17.3 Å². The van der Waals surface area contributed by atoms with Gasteiger partial charge in [-0.3, -0.25) is 19.5 Å². The summed E-state index contributed by atoms with van der Waals surface area (Å²) in [4.78, 5) is 41.9. The molecule has 0 unspecified atom stereocenters. The largest absolute Gasteiger partial charge is 0.497 e. The van der Waals surface area contributed by atoms with Crippen molar-refractivity contribution < 1.29 is 14.3 Å². The van der Waals surface area contributed by atoms with E-state index in [9.17, 15) is 14.4 Å². The molecule has 3 rings (SSSR count). The molecule has 0 aliphatic heterocycles. The summed E-state index contributed by atoms with van der Waals surface area (Å²) in [5.41, 5.74) is 0.801. The van der Waals surface area contributed by atoms with Gasteiger partial charge in [-0.2, -0.15) is 0 Å². The maximum Gasteiger partial charge on any atom is 0.325 e. The van der Waals surface area contributed by atoms with Crippen molar-refractivity contribution in [2.75, 3.05) is 18.2 Å². The maximum absolute atomic E-state index is 13.0. The van der Waals surface area contributed by atoms with Gasteiger partial charge in [-0.05, 0) is 48.4 Å². The van der Waals surface area contributed by atoms with Crippen LogP contribution in [0.5, 0.6) is 5.75 Å². The molecular formula is C22H23ClN4O4S. The van der Waals surface area contributed by atoms with Gasteiger partial charge in [-0.1, -0.05) is 37.2 Å². The van der Waals surface area contributed by atoms with Gasteiger partial charge in [-0.25, -0.2) is 9.78 Å². The van der Waals surface area contributed by atoms with E-state index in [-0.39, 0.29) is 17.2 Å². The monoisotopic (exact) mass is 474 g/mol. The number of carbonyl (C=O) groups is 2. The average molecular weight is 475 g/mol. The van der Waals surface area contributed by atoms with Gasteiger partial charge in [0.05, 0.1) is 23.8 Å². The van der Waals surface area contributed by atoms with Crippen molar-refractivity contribution in [2.24, 2.45) is 5.92 Å². The summed E-state index contributed by atoms with van der Waals surface area (Å²) in [6.07, 6.45) is 0. The van der Waals surface area contributed by atoms with Crippen molar-refractivity contribution in [1.29, 1.82) is 0 Å². The molecule has 1 heterocycles. The first-order chi connectivity index (χ1) is 15.3. The fraction of sp³-hybridized carbons (Fsp3) is 0.273. The summed E-state index contributed by atoms with van der Waals surface area (Å²) in [7, 11) is 1.55. The predicted octanol–water partition coefficient (Wildman–Crippen LogP) is 4.15. The zero-order valence-corrected chi connectivity index (χ0v) is 19.4. The Morgan fingerprint density at radius 1 is 1.19 bits per heavy atom. The zero-order valence-electron chi connectivity index (χ0n) is 17.8. The number of nitrogens with one attached hydrogen (secondary N) is 2. The number of urea groups is 1. The number of benzene rings is 2. The number of amides is 3. The van der Waals surface area contributed by atoms with Crippen LogP contribution < -0.4 is 20.9 Å². The van der Waals surface area contributed by atoms with Crippen LogP contribution in [0, 0.1) is 5.92 Å². The molecule has 0 saturated heterocycles. The van der Waals surface area contributed by atoms with Gasteiger partial charge in [-0.15, -0.1) is 0 Å². The molecule has 0 fully saturated rings.